The van der Waals surface area contributed by atoms with Crippen LogP contribution < -0.4 is 10.2 Å². The van der Waals surface area contributed by atoms with Crippen molar-refractivity contribution in [3.8, 4) is 0 Å². The third-order valence-electron chi connectivity index (χ3n) is 3.63. The molecule has 0 amide bonds. The molecule has 9 heteroatoms. The Morgan fingerprint density at radius 2 is 0.926 bits per heavy atom. The molecule has 0 saturated heterocycles. The van der Waals surface area contributed by atoms with E-state index in [0.717, 1.165) is 0 Å². The molecule has 2 atom stereocenters. The summed E-state index contributed by atoms with van der Waals surface area (Å²) in [6, 6.07) is 0. The summed E-state index contributed by atoms with van der Waals surface area (Å²) in [5.41, 5.74) is -0.358. The van der Waals surface area contributed by atoms with Crippen molar-refractivity contribution in [1.29, 1.82) is 0 Å². The van der Waals surface area contributed by atoms with E-state index in [-0.39, 0.29) is 71.9 Å². The summed E-state index contributed by atoms with van der Waals surface area (Å²) in [5, 5.41) is 20.1. The number of hydrogen-bond acceptors (Lipinski definition) is 8. The maximum Gasteiger partial charge on any atom is 2.00 e. The smallest absolute Gasteiger partial charge is 0.550 e. The average Bonchev–Trinajstić information content (AvgIpc) is 2.34. The first-order valence-electron chi connectivity index (χ1n) is 8.25. The molecule has 0 aliphatic heterocycles. The van der Waals surface area contributed by atoms with Gasteiger partial charge in [-0.3, -0.25) is 9.59 Å². The third-order valence-corrected chi connectivity index (χ3v) is 3.63. The molecule has 2 unspecified atom stereocenters. The molecule has 0 heterocycles. The predicted molar refractivity (Wildman–Crippen MR) is 95.0 cm³/mol. The third kappa shape index (κ3) is 18.6. The van der Waals surface area contributed by atoms with Crippen LogP contribution in [0.4, 0.5) is 0 Å². The van der Waals surface area contributed by atoms with Crippen LogP contribution in [0.15, 0.2) is 0 Å². The Kier molecular flexibility index (Phi) is 15.7. The van der Waals surface area contributed by atoms with Gasteiger partial charge in [0.2, 0.25) is 0 Å². The quantitative estimate of drug-likeness (QED) is 0.273. The zero-order valence-corrected chi connectivity index (χ0v) is 22.0. The molecule has 152 valence electrons. The Balaban J connectivity index is -0.000000411. The largest absolute Gasteiger partial charge is 2.00 e. The topological polar surface area (TPSA) is 133 Å². The average molecular weight is 512 g/mol. The van der Waals surface area contributed by atoms with Crippen molar-refractivity contribution >= 4 is 72.8 Å². The van der Waals surface area contributed by atoms with Crippen LogP contribution in [0.1, 0.15) is 68.2 Å². The van der Waals surface area contributed by atoms with E-state index in [9.17, 15) is 29.4 Å². The Labute approximate surface area is 201 Å². The van der Waals surface area contributed by atoms with Gasteiger partial charge in [-0.2, -0.15) is 0 Å². The maximum absolute atomic E-state index is 10.9. The molecule has 8 nitrogen and oxygen atoms in total. The van der Waals surface area contributed by atoms with Crippen molar-refractivity contribution in [2.75, 3.05) is 0 Å². The zero-order chi connectivity index (χ0) is 21.3. The summed E-state index contributed by atoms with van der Waals surface area (Å²) in [4.78, 5) is 41.8. The Morgan fingerprint density at radius 1 is 0.704 bits per heavy atom. The van der Waals surface area contributed by atoms with E-state index in [1.165, 1.54) is 0 Å². The van der Waals surface area contributed by atoms with E-state index in [1.54, 1.807) is 13.8 Å². The van der Waals surface area contributed by atoms with E-state index < -0.39 is 36.7 Å². The summed E-state index contributed by atoms with van der Waals surface area (Å²) >= 11 is 0. The molecule has 0 spiro atoms. The Hall–Kier alpha value is -0.549. The first-order valence-corrected chi connectivity index (χ1v) is 8.25. The van der Waals surface area contributed by atoms with Crippen LogP contribution >= 0.6 is 0 Å². The minimum atomic E-state index is -1.41. The molecule has 0 fully saturated rings. The number of carboxylic acids is 2. The van der Waals surface area contributed by atoms with Crippen molar-refractivity contribution in [1.82, 2.24) is 0 Å². The minimum absolute atomic E-state index is 0. The summed E-state index contributed by atoms with van der Waals surface area (Å²) in [6.07, 6.45) is -1.97. The fraction of sp³-hybridized carbons (Fsp3) is 0.778. The van der Waals surface area contributed by atoms with Crippen LogP contribution in [0.3, 0.4) is 0 Å². The van der Waals surface area contributed by atoms with E-state index in [2.05, 4.69) is 0 Å². The fourth-order valence-corrected chi connectivity index (χ4v) is 1.07. The second kappa shape index (κ2) is 13.6. The first-order chi connectivity index (χ1) is 11.5. The van der Waals surface area contributed by atoms with Gasteiger partial charge in [-0.25, -0.2) is 0 Å². The molecule has 0 aromatic carbocycles. The van der Waals surface area contributed by atoms with Gasteiger partial charge in [0.25, 0.3) is 0 Å². The Morgan fingerprint density at radius 3 is 1.07 bits per heavy atom. The molecule has 0 aromatic rings. The summed E-state index contributed by atoms with van der Waals surface area (Å²) < 4.78 is 9.73. The number of aliphatic carboxylic acids is 2. The van der Waals surface area contributed by atoms with Crippen LogP contribution in [0.5, 0.6) is 0 Å². The monoisotopic (exact) mass is 512 g/mol. The Bertz CT molecular complexity index is 456. The number of carbonyl (C=O) groups is 4. The molecular weight excluding hydrogens is 482 g/mol. The molecule has 0 rings (SSSR count). The maximum atomic E-state index is 10.9. The van der Waals surface area contributed by atoms with Crippen molar-refractivity contribution in [2.24, 2.45) is 10.8 Å². The molecule has 0 aromatic heterocycles. The first kappa shape index (κ1) is 31.2. The van der Waals surface area contributed by atoms with Crippen LogP contribution in [0, 0.1) is 10.8 Å². The van der Waals surface area contributed by atoms with Crippen LogP contribution in [0.2, 0.25) is 0 Å². The molecule has 0 aliphatic rings. The number of carbonyl (C=O) groups excluding carboxylic acids is 4. The van der Waals surface area contributed by atoms with Crippen LogP contribution in [-0.2, 0) is 28.7 Å². The van der Waals surface area contributed by atoms with Crippen molar-refractivity contribution < 1.29 is 38.9 Å². The van der Waals surface area contributed by atoms with Gasteiger partial charge in [-0.05, 0) is 24.7 Å². The number of ether oxygens (including phenoxy) is 2. The van der Waals surface area contributed by atoms with Crippen LogP contribution in [-0.4, -0.2) is 85.0 Å². The van der Waals surface area contributed by atoms with Gasteiger partial charge in [0.15, 0.2) is 0 Å². The van der Waals surface area contributed by atoms with E-state index in [1.807, 2.05) is 41.5 Å². The molecule has 0 saturated carbocycles. The van der Waals surface area contributed by atoms with Crippen LogP contribution in [0.25, 0.3) is 0 Å². The number of rotatable bonds is 6. The van der Waals surface area contributed by atoms with Gasteiger partial charge in [-0.1, -0.05) is 41.5 Å². The van der Waals surface area contributed by atoms with E-state index in [4.69, 9.17) is 9.47 Å². The number of esters is 2. The van der Waals surface area contributed by atoms with Gasteiger partial charge < -0.3 is 29.3 Å². The minimum Gasteiger partial charge on any atom is -0.550 e. The SMILES string of the molecule is CC(OC(=O)CC(=O)[O-])C(C)(C)C.CC(OC(=O)CC(=O)[O-])C(C)(C)C.[Ba+2]. The second-order valence-corrected chi connectivity index (χ2v) is 8.09. The molecule has 0 radical (unpaired) electrons. The van der Waals surface area contributed by atoms with Gasteiger partial charge in [0.1, 0.15) is 12.2 Å². The fourth-order valence-electron chi connectivity index (χ4n) is 1.07. The summed E-state index contributed by atoms with van der Waals surface area (Å²) in [5.74, 6) is -4.32. The zero-order valence-electron chi connectivity index (χ0n) is 17.5. The van der Waals surface area contributed by atoms with Crippen molar-refractivity contribution in [3.63, 3.8) is 0 Å². The molecule has 0 bridgehead atoms. The van der Waals surface area contributed by atoms with E-state index in [0.29, 0.717) is 0 Å². The molecular formula is C18H30BaO8. The second-order valence-electron chi connectivity index (χ2n) is 8.09. The van der Waals surface area contributed by atoms with Gasteiger partial charge in [0, 0.05) is 0 Å². The number of hydrogen-bond donors (Lipinski definition) is 0. The van der Waals surface area contributed by atoms with Crippen molar-refractivity contribution in [2.45, 2.75) is 80.4 Å². The van der Waals surface area contributed by atoms with Gasteiger partial charge in [-0.15, -0.1) is 0 Å². The van der Waals surface area contributed by atoms with Gasteiger partial charge in [0.05, 0.1) is 24.8 Å². The normalized spacial score (nSPS) is 13.0. The predicted octanol–water partition coefficient (Wildman–Crippen LogP) is -0.172. The van der Waals surface area contributed by atoms with Gasteiger partial charge >= 0.3 is 60.8 Å². The molecule has 27 heavy (non-hydrogen) atoms. The number of carboxylic acid groups (broad SMARTS) is 2. The molecule has 0 N–H and O–H groups in total. The van der Waals surface area contributed by atoms with Crippen molar-refractivity contribution in [3.05, 3.63) is 0 Å². The summed E-state index contributed by atoms with van der Waals surface area (Å²) in [6.45, 7) is 14.9. The van der Waals surface area contributed by atoms with E-state index >= 15 is 0 Å². The molecule has 0 aliphatic carbocycles. The standard InChI is InChI=1S/2C9H16O4.Ba/c2*1-6(9(2,3)4)13-8(12)5-7(10)11;/h2*6H,5H2,1-4H3,(H,10,11);/q;;+2/p-2. The summed E-state index contributed by atoms with van der Waals surface area (Å²) in [7, 11) is 0.